The topological polar surface area (TPSA) is 96.0 Å². The van der Waals surface area contributed by atoms with Crippen molar-refractivity contribution in [2.45, 2.75) is 56.7 Å². The molecule has 1 unspecified atom stereocenters. The van der Waals surface area contributed by atoms with Crippen molar-refractivity contribution in [3.8, 4) is 0 Å². The lowest BCUT2D eigenvalue weighted by Gasteiger charge is -2.33. The summed E-state index contributed by atoms with van der Waals surface area (Å²) in [5.74, 6) is -1.56. The molecule has 5 rings (SSSR count). The molecule has 6 heteroatoms. The van der Waals surface area contributed by atoms with Crippen LogP contribution < -0.4 is 10.6 Å². The molecule has 1 aliphatic carbocycles. The fraction of sp³-hybridized carbons (Fsp3) is 0.364. The van der Waals surface area contributed by atoms with E-state index in [0.717, 1.165) is 42.4 Å². The lowest BCUT2D eigenvalue weighted by Crippen LogP contribution is -2.61. The van der Waals surface area contributed by atoms with Gasteiger partial charge in [-0.2, -0.15) is 0 Å². The number of aliphatic hydroxyl groups is 1. The number of likely N-dealkylation sites (N-methyl/N-ethyl adjacent to an activating group) is 1. The number of rotatable bonds is 9. The van der Waals surface area contributed by atoms with Crippen LogP contribution in [0.5, 0.6) is 0 Å². The number of carbonyl (C=O) groups excluding carboxylic acids is 2. The van der Waals surface area contributed by atoms with Gasteiger partial charge in [0, 0.05) is 24.1 Å². The lowest BCUT2D eigenvalue weighted by atomic mass is 9.79. The maximum Gasteiger partial charge on any atom is 0.277 e. The van der Waals surface area contributed by atoms with Crippen LogP contribution in [0.4, 0.5) is 5.69 Å². The third kappa shape index (κ3) is 5.58. The smallest absolute Gasteiger partial charge is 0.277 e. The predicted molar refractivity (Wildman–Crippen MR) is 155 cm³/mol. The van der Waals surface area contributed by atoms with E-state index in [0.29, 0.717) is 36.6 Å². The summed E-state index contributed by atoms with van der Waals surface area (Å²) in [7, 11) is 1.64. The van der Waals surface area contributed by atoms with Crippen molar-refractivity contribution in [1.82, 2.24) is 0 Å². The van der Waals surface area contributed by atoms with Crippen molar-refractivity contribution in [2.24, 2.45) is 22.6 Å². The van der Waals surface area contributed by atoms with E-state index >= 15 is 0 Å². The molecule has 0 radical (unpaired) electrons. The minimum Gasteiger partial charge on any atom is -0.392 e. The first-order chi connectivity index (χ1) is 18.9. The Morgan fingerprint density at radius 2 is 1.62 bits per heavy atom. The van der Waals surface area contributed by atoms with E-state index in [9.17, 15) is 14.7 Å². The van der Waals surface area contributed by atoms with Gasteiger partial charge in [0.15, 0.2) is 5.78 Å². The first kappa shape index (κ1) is 27.0. The molecule has 39 heavy (non-hydrogen) atoms. The summed E-state index contributed by atoms with van der Waals surface area (Å²) in [4.78, 5) is 34.7. The van der Waals surface area contributed by atoms with Crippen molar-refractivity contribution in [1.29, 1.82) is 0 Å². The number of amides is 1. The Labute approximate surface area is 230 Å². The zero-order chi connectivity index (χ0) is 27.4. The van der Waals surface area contributed by atoms with Gasteiger partial charge in [0.05, 0.1) is 17.5 Å². The molecule has 3 aromatic carbocycles. The third-order valence-corrected chi connectivity index (χ3v) is 8.30. The second kappa shape index (κ2) is 11.6. The molecule has 0 saturated heterocycles. The van der Waals surface area contributed by atoms with Gasteiger partial charge in [0.1, 0.15) is 0 Å². The van der Waals surface area contributed by atoms with Gasteiger partial charge < -0.3 is 10.0 Å². The molecule has 1 saturated carbocycles. The molecule has 3 N–H and O–H groups in total. The largest absolute Gasteiger partial charge is 0.392 e. The van der Waals surface area contributed by atoms with Crippen LogP contribution in [0.1, 0.15) is 55.2 Å². The minimum absolute atomic E-state index is 0.322. The summed E-state index contributed by atoms with van der Waals surface area (Å²) in [5.41, 5.74) is 8.40. The number of ketones is 1. The molecule has 0 bridgehead atoms. The number of nitrogens with zero attached hydrogens (tertiary/aromatic N) is 2. The number of fused-ring (bicyclic) bond motifs is 1. The Morgan fingerprint density at radius 3 is 2.31 bits per heavy atom. The number of nitrogens with two attached hydrogens (primary N) is 1. The van der Waals surface area contributed by atoms with E-state index in [1.165, 1.54) is 4.90 Å². The lowest BCUT2D eigenvalue weighted by molar-refractivity contribution is -0.139. The SMILES string of the molecule is CN1C(=O)C(N)(C(=O)[C@H](CC2CCCC2)[C@@H](O)CCc2ccccc2)N=C(c2ccccc2)c2ccccc21. The van der Waals surface area contributed by atoms with Gasteiger partial charge >= 0.3 is 0 Å². The summed E-state index contributed by atoms with van der Waals surface area (Å²) in [6, 6.07) is 26.9. The van der Waals surface area contributed by atoms with E-state index in [2.05, 4.69) is 0 Å². The Kier molecular flexibility index (Phi) is 8.05. The quantitative estimate of drug-likeness (QED) is 0.390. The molecule has 3 aromatic rings. The summed E-state index contributed by atoms with van der Waals surface area (Å²) in [5, 5.41) is 11.5. The number of Topliss-reactive ketones (excluding diaryl/α,β-unsaturated/α-hetero) is 1. The van der Waals surface area contributed by atoms with Crippen LogP contribution >= 0.6 is 0 Å². The van der Waals surface area contributed by atoms with Crippen LogP contribution in [0.25, 0.3) is 0 Å². The van der Waals surface area contributed by atoms with Gasteiger partial charge in [0.2, 0.25) is 5.66 Å². The molecule has 1 fully saturated rings. The van der Waals surface area contributed by atoms with Crippen molar-refractivity contribution < 1.29 is 14.7 Å². The molecule has 2 aliphatic rings. The monoisotopic (exact) mass is 523 g/mol. The van der Waals surface area contributed by atoms with Crippen molar-refractivity contribution in [3.63, 3.8) is 0 Å². The van der Waals surface area contributed by atoms with Gasteiger partial charge in [-0.1, -0.05) is 105 Å². The van der Waals surface area contributed by atoms with Gasteiger partial charge in [0.25, 0.3) is 5.91 Å². The summed E-state index contributed by atoms with van der Waals surface area (Å²) in [6.45, 7) is 0. The van der Waals surface area contributed by atoms with Gasteiger partial charge in [-0.25, -0.2) is 4.99 Å². The van der Waals surface area contributed by atoms with Crippen LogP contribution in [0.3, 0.4) is 0 Å². The molecule has 1 aliphatic heterocycles. The number of benzodiazepines with no additional fused rings is 1. The van der Waals surface area contributed by atoms with Crippen molar-refractivity contribution in [2.75, 3.05) is 11.9 Å². The zero-order valence-corrected chi connectivity index (χ0v) is 22.5. The highest BCUT2D eigenvalue weighted by Gasteiger charge is 2.51. The maximum absolute atomic E-state index is 14.5. The van der Waals surface area contributed by atoms with E-state index in [1.54, 1.807) is 7.05 Å². The molecule has 3 atom stereocenters. The van der Waals surface area contributed by atoms with E-state index < -0.39 is 29.4 Å². The predicted octanol–water partition coefficient (Wildman–Crippen LogP) is 4.91. The molecular formula is C33H37N3O3. The highest BCUT2D eigenvalue weighted by atomic mass is 16.3. The van der Waals surface area contributed by atoms with Crippen LogP contribution in [-0.4, -0.2) is 41.3 Å². The van der Waals surface area contributed by atoms with Gasteiger partial charge in [-0.15, -0.1) is 0 Å². The molecule has 6 nitrogen and oxygen atoms in total. The average molecular weight is 524 g/mol. The van der Waals surface area contributed by atoms with Crippen molar-refractivity contribution in [3.05, 3.63) is 102 Å². The van der Waals surface area contributed by atoms with Crippen LogP contribution in [0, 0.1) is 11.8 Å². The average Bonchev–Trinajstić information content (AvgIpc) is 3.48. The molecule has 1 amide bonds. The number of hydrogen-bond donors (Lipinski definition) is 2. The molecule has 0 aromatic heterocycles. The Hall–Kier alpha value is -3.61. The summed E-state index contributed by atoms with van der Waals surface area (Å²) in [6.07, 6.45) is 4.88. The highest BCUT2D eigenvalue weighted by Crippen LogP contribution is 2.36. The normalized spacial score (nSPS) is 21.2. The number of aliphatic imine (C=N–C) groups is 1. The number of aryl methyl sites for hydroxylation is 1. The number of para-hydroxylation sites is 1. The zero-order valence-electron chi connectivity index (χ0n) is 22.5. The second-order valence-corrected chi connectivity index (χ2v) is 10.9. The third-order valence-electron chi connectivity index (χ3n) is 8.30. The Morgan fingerprint density at radius 1 is 1.00 bits per heavy atom. The molecule has 0 spiro atoms. The molecule has 1 heterocycles. The first-order valence-electron chi connectivity index (χ1n) is 14.0. The van der Waals surface area contributed by atoms with Crippen LogP contribution in [0.2, 0.25) is 0 Å². The Bertz CT molecular complexity index is 1330. The first-order valence-corrected chi connectivity index (χ1v) is 14.0. The van der Waals surface area contributed by atoms with E-state index in [-0.39, 0.29) is 0 Å². The minimum atomic E-state index is -2.16. The van der Waals surface area contributed by atoms with Gasteiger partial charge in [-0.05, 0) is 36.8 Å². The second-order valence-electron chi connectivity index (χ2n) is 10.9. The maximum atomic E-state index is 14.5. The molecular weight excluding hydrogens is 486 g/mol. The number of benzene rings is 3. The molecule has 202 valence electrons. The number of carbonyl (C=O) groups is 2. The summed E-state index contributed by atoms with van der Waals surface area (Å²) >= 11 is 0. The standard InChI is InChI=1S/C33H37N3O3/c1-36-28-19-11-10-18-26(28)30(25-16-6-3-7-17-25)35-33(34,32(36)39)31(38)27(22-24-14-8-9-15-24)29(37)21-20-23-12-4-2-5-13-23/h2-7,10-13,16-19,24,27,29,37H,8-9,14-15,20-22,34H2,1H3/t27-,29+,33?/m1/s1. The van der Waals surface area contributed by atoms with Crippen LogP contribution in [0.15, 0.2) is 89.9 Å². The number of aliphatic hydroxyl groups excluding tert-OH is 1. The van der Waals surface area contributed by atoms with E-state index in [4.69, 9.17) is 10.7 Å². The fourth-order valence-electron chi connectivity index (χ4n) is 6.08. The van der Waals surface area contributed by atoms with E-state index in [1.807, 2.05) is 84.9 Å². The fourth-order valence-corrected chi connectivity index (χ4v) is 6.08. The number of hydrogen-bond acceptors (Lipinski definition) is 5. The summed E-state index contributed by atoms with van der Waals surface area (Å²) < 4.78 is 0. The van der Waals surface area contributed by atoms with Crippen molar-refractivity contribution >= 4 is 23.1 Å². The van der Waals surface area contributed by atoms with Gasteiger partial charge in [-0.3, -0.25) is 15.3 Å². The number of anilines is 1. The highest BCUT2D eigenvalue weighted by molar-refractivity contribution is 6.26. The Balaban J connectivity index is 1.54. The van der Waals surface area contributed by atoms with Crippen LogP contribution in [-0.2, 0) is 16.0 Å².